The Morgan fingerprint density at radius 1 is 1.22 bits per heavy atom. The van der Waals surface area contributed by atoms with Crippen molar-refractivity contribution in [3.63, 3.8) is 0 Å². The predicted octanol–water partition coefficient (Wildman–Crippen LogP) is 2.67. The lowest BCUT2D eigenvalue weighted by molar-refractivity contribution is -0.119. The van der Waals surface area contributed by atoms with Gasteiger partial charge in [0, 0.05) is 0 Å². The fraction of sp³-hybridized carbons (Fsp3) is 0.556. The molecule has 1 atom stereocenters. The van der Waals surface area contributed by atoms with Crippen molar-refractivity contribution in [2.45, 2.75) is 39.2 Å². The Morgan fingerprint density at radius 2 is 1.87 bits per heavy atom. The van der Waals surface area contributed by atoms with Crippen LogP contribution in [-0.4, -0.2) is 23.3 Å². The zero-order valence-electron chi connectivity index (χ0n) is 13.9. The van der Waals surface area contributed by atoms with Crippen LogP contribution < -0.4 is 11.1 Å². The molecule has 4 nitrogen and oxygen atoms in total. The summed E-state index contributed by atoms with van der Waals surface area (Å²) in [6, 6.07) is 8.69. The Bertz CT molecular complexity index is 538. The van der Waals surface area contributed by atoms with Crippen LogP contribution in [0.3, 0.4) is 0 Å². The molecular weight excluding hydrogens is 308 g/mol. The van der Waals surface area contributed by atoms with Gasteiger partial charge in [0.25, 0.3) is 0 Å². The van der Waals surface area contributed by atoms with Crippen molar-refractivity contribution in [3.05, 3.63) is 35.4 Å². The first-order chi connectivity index (χ1) is 11.0. The third-order valence-electron chi connectivity index (χ3n) is 3.87. The summed E-state index contributed by atoms with van der Waals surface area (Å²) in [4.78, 5) is 22.8. The molecule has 0 saturated heterocycles. The molecule has 1 aromatic rings. The van der Waals surface area contributed by atoms with Crippen LogP contribution in [0.2, 0.25) is 0 Å². The second-order valence-electron chi connectivity index (χ2n) is 6.68. The van der Waals surface area contributed by atoms with Gasteiger partial charge in [-0.25, -0.2) is 0 Å². The Kier molecular flexibility index (Phi) is 6.51. The number of benzene rings is 1. The molecule has 0 aliphatic heterocycles. The average molecular weight is 334 g/mol. The lowest BCUT2D eigenvalue weighted by atomic mass is 9.97. The van der Waals surface area contributed by atoms with Crippen LogP contribution in [0.1, 0.15) is 43.9 Å². The Balaban J connectivity index is 1.93. The molecule has 5 heteroatoms. The number of hydrogen-bond acceptors (Lipinski definition) is 3. The van der Waals surface area contributed by atoms with E-state index >= 15 is 0 Å². The maximum absolute atomic E-state index is 12.1. The van der Waals surface area contributed by atoms with Crippen LogP contribution in [0.25, 0.3) is 0 Å². The Morgan fingerprint density at radius 3 is 2.39 bits per heavy atom. The number of rotatable bonds is 9. The normalized spacial score (nSPS) is 15.4. The molecule has 126 valence electrons. The zero-order chi connectivity index (χ0) is 16.8. The molecule has 1 saturated carbocycles. The monoisotopic (exact) mass is 334 g/mol. The first kappa shape index (κ1) is 17.9. The van der Waals surface area contributed by atoms with Crippen LogP contribution in [-0.2, 0) is 16.0 Å². The van der Waals surface area contributed by atoms with Crippen molar-refractivity contribution < 1.29 is 9.59 Å². The van der Waals surface area contributed by atoms with Crippen molar-refractivity contribution >= 4 is 23.6 Å². The number of carbonyl (C=O) groups excluding carboxylic acids is 2. The van der Waals surface area contributed by atoms with Gasteiger partial charge >= 0.3 is 0 Å². The molecule has 0 heterocycles. The highest BCUT2D eigenvalue weighted by atomic mass is 32.2. The van der Waals surface area contributed by atoms with E-state index in [1.807, 2.05) is 0 Å². The minimum absolute atomic E-state index is 0.0283. The third kappa shape index (κ3) is 6.26. The van der Waals surface area contributed by atoms with E-state index in [2.05, 4.69) is 43.4 Å². The summed E-state index contributed by atoms with van der Waals surface area (Å²) >= 11 is 1.26. The molecule has 0 bridgehead atoms. The van der Waals surface area contributed by atoms with Gasteiger partial charge in [-0.1, -0.05) is 38.1 Å². The van der Waals surface area contributed by atoms with E-state index in [0.29, 0.717) is 11.8 Å². The predicted molar refractivity (Wildman–Crippen MR) is 95.1 cm³/mol. The van der Waals surface area contributed by atoms with Gasteiger partial charge in [-0.15, -0.1) is 11.8 Å². The Labute approximate surface area is 142 Å². The SMILES string of the molecule is CC(C)Cc1ccc([C@H](NC(=O)CSCC(N)=O)C2CC2)cc1. The minimum atomic E-state index is -0.387. The highest BCUT2D eigenvalue weighted by Gasteiger charge is 2.33. The topological polar surface area (TPSA) is 72.2 Å². The second kappa shape index (κ2) is 8.39. The van der Waals surface area contributed by atoms with Gasteiger partial charge in [-0.05, 0) is 42.2 Å². The van der Waals surface area contributed by atoms with Gasteiger partial charge in [0.2, 0.25) is 11.8 Å². The van der Waals surface area contributed by atoms with Gasteiger partial charge in [0.05, 0.1) is 17.5 Å². The van der Waals surface area contributed by atoms with E-state index in [0.717, 1.165) is 19.3 Å². The van der Waals surface area contributed by atoms with E-state index in [1.165, 1.54) is 22.9 Å². The fourth-order valence-electron chi connectivity index (χ4n) is 2.69. The van der Waals surface area contributed by atoms with Crippen LogP contribution in [0, 0.1) is 11.8 Å². The first-order valence-electron chi connectivity index (χ1n) is 8.20. The van der Waals surface area contributed by atoms with Crippen LogP contribution >= 0.6 is 11.8 Å². The zero-order valence-corrected chi connectivity index (χ0v) is 14.7. The smallest absolute Gasteiger partial charge is 0.230 e. The summed E-state index contributed by atoms with van der Waals surface area (Å²) in [6.07, 6.45) is 3.39. The van der Waals surface area contributed by atoms with E-state index in [9.17, 15) is 9.59 Å². The number of carbonyl (C=O) groups is 2. The van der Waals surface area contributed by atoms with Gasteiger partial charge in [-0.3, -0.25) is 9.59 Å². The van der Waals surface area contributed by atoms with E-state index < -0.39 is 0 Å². The molecule has 1 aromatic carbocycles. The van der Waals surface area contributed by atoms with Crippen LogP contribution in [0.5, 0.6) is 0 Å². The number of hydrogen-bond donors (Lipinski definition) is 2. The summed E-state index contributed by atoms with van der Waals surface area (Å²) < 4.78 is 0. The molecule has 2 rings (SSSR count). The maximum Gasteiger partial charge on any atom is 0.230 e. The molecule has 0 spiro atoms. The summed E-state index contributed by atoms with van der Waals surface area (Å²) in [5.74, 6) is 1.23. The molecule has 3 N–H and O–H groups in total. The molecule has 1 fully saturated rings. The quantitative estimate of drug-likeness (QED) is 0.729. The van der Waals surface area contributed by atoms with Crippen LogP contribution in [0.4, 0.5) is 0 Å². The molecule has 0 aromatic heterocycles. The summed E-state index contributed by atoms with van der Waals surface area (Å²) in [5, 5.41) is 3.12. The lowest BCUT2D eigenvalue weighted by Gasteiger charge is -2.19. The second-order valence-corrected chi connectivity index (χ2v) is 7.67. The van der Waals surface area contributed by atoms with Crippen molar-refractivity contribution in [2.75, 3.05) is 11.5 Å². The first-order valence-corrected chi connectivity index (χ1v) is 9.35. The summed E-state index contributed by atoms with van der Waals surface area (Å²) in [7, 11) is 0. The van der Waals surface area contributed by atoms with Gasteiger partial charge < -0.3 is 11.1 Å². The number of amides is 2. The number of nitrogens with two attached hydrogens (primary N) is 1. The van der Waals surface area contributed by atoms with Crippen molar-refractivity contribution in [1.29, 1.82) is 0 Å². The molecule has 1 aliphatic carbocycles. The highest BCUT2D eigenvalue weighted by Crippen LogP contribution is 2.41. The fourth-order valence-corrected chi connectivity index (χ4v) is 3.27. The third-order valence-corrected chi connectivity index (χ3v) is 4.83. The van der Waals surface area contributed by atoms with Crippen molar-refractivity contribution in [3.8, 4) is 0 Å². The summed E-state index contributed by atoms with van der Waals surface area (Å²) in [5.41, 5.74) is 7.60. The number of thioether (sulfide) groups is 1. The Hall–Kier alpha value is -1.49. The highest BCUT2D eigenvalue weighted by molar-refractivity contribution is 8.00. The number of primary amides is 1. The average Bonchev–Trinajstić information content (AvgIpc) is 3.29. The van der Waals surface area contributed by atoms with Crippen molar-refractivity contribution in [1.82, 2.24) is 5.32 Å². The minimum Gasteiger partial charge on any atom is -0.369 e. The van der Waals surface area contributed by atoms with E-state index in [-0.39, 0.29) is 29.4 Å². The summed E-state index contributed by atoms with van der Waals surface area (Å²) in [6.45, 7) is 4.43. The van der Waals surface area contributed by atoms with Gasteiger partial charge in [0.1, 0.15) is 0 Å². The largest absolute Gasteiger partial charge is 0.369 e. The molecule has 0 radical (unpaired) electrons. The van der Waals surface area contributed by atoms with Gasteiger partial charge in [0.15, 0.2) is 0 Å². The lowest BCUT2D eigenvalue weighted by Crippen LogP contribution is -2.31. The standard InChI is InChI=1S/C18H26N2O2S/c1-12(2)9-13-3-5-14(6-4-13)18(15-7-8-15)20-17(22)11-23-10-16(19)21/h3-6,12,15,18H,7-11H2,1-2H3,(H2,19,21)(H,20,22)/t18-/m0/s1. The molecule has 1 aliphatic rings. The molecule has 0 unspecified atom stereocenters. The van der Waals surface area contributed by atoms with Crippen molar-refractivity contribution in [2.24, 2.45) is 17.6 Å². The maximum atomic E-state index is 12.1. The number of nitrogens with one attached hydrogen (secondary N) is 1. The van der Waals surface area contributed by atoms with E-state index in [1.54, 1.807) is 0 Å². The van der Waals surface area contributed by atoms with Gasteiger partial charge in [-0.2, -0.15) is 0 Å². The van der Waals surface area contributed by atoms with E-state index in [4.69, 9.17) is 5.73 Å². The molecule has 23 heavy (non-hydrogen) atoms. The van der Waals surface area contributed by atoms with Crippen LogP contribution in [0.15, 0.2) is 24.3 Å². The molecule has 2 amide bonds. The molecular formula is C18H26N2O2S.